The molecule has 1 saturated heterocycles. The van der Waals surface area contributed by atoms with Gasteiger partial charge in [-0.05, 0) is 37.1 Å². The van der Waals surface area contributed by atoms with Crippen LogP contribution in [0.5, 0.6) is 0 Å². The molecule has 0 aliphatic carbocycles. The molecule has 0 atom stereocenters. The van der Waals surface area contributed by atoms with Crippen molar-refractivity contribution < 1.29 is 4.79 Å². The first kappa shape index (κ1) is 17.9. The quantitative estimate of drug-likeness (QED) is 0.512. The molecule has 2 aromatic carbocycles. The Kier molecular flexibility index (Phi) is 5.58. The smallest absolute Gasteiger partial charge is 0.255 e. The maximum Gasteiger partial charge on any atom is 0.255 e. The number of anilines is 1. The number of hydrogen-bond acceptors (Lipinski definition) is 4. The molecule has 2 heterocycles. The molecule has 3 aromatic rings. The van der Waals surface area contributed by atoms with Crippen LogP contribution in [0.1, 0.15) is 23.2 Å². The third-order valence-corrected chi connectivity index (χ3v) is 5.77. The van der Waals surface area contributed by atoms with Crippen LogP contribution >= 0.6 is 11.8 Å². The molecular formula is C22H23N3OS. The maximum atomic E-state index is 12.9. The molecule has 1 N–H and O–H groups in total. The zero-order chi connectivity index (χ0) is 18.5. The molecule has 1 aliphatic heterocycles. The minimum absolute atomic E-state index is 0.0381. The summed E-state index contributed by atoms with van der Waals surface area (Å²) in [4.78, 5) is 21.2. The average molecular weight is 378 g/mol. The lowest BCUT2D eigenvalue weighted by atomic mass is 10.1. The molecule has 1 aliphatic rings. The van der Waals surface area contributed by atoms with Gasteiger partial charge in [0.25, 0.3) is 5.91 Å². The number of carbonyl (C=O) groups excluding carboxylic acids is 1. The second kappa shape index (κ2) is 8.44. The van der Waals surface area contributed by atoms with Gasteiger partial charge in [-0.15, -0.1) is 11.8 Å². The second-order valence-electron chi connectivity index (χ2n) is 6.66. The van der Waals surface area contributed by atoms with Gasteiger partial charge in [0.2, 0.25) is 0 Å². The number of nitrogens with one attached hydrogen (secondary N) is 1. The Labute approximate surface area is 164 Å². The van der Waals surface area contributed by atoms with Crippen LogP contribution in [0.4, 0.5) is 5.82 Å². The van der Waals surface area contributed by atoms with Crippen molar-refractivity contribution in [3.8, 4) is 0 Å². The van der Waals surface area contributed by atoms with Gasteiger partial charge in [0.1, 0.15) is 5.82 Å². The largest absolute Gasteiger partial charge is 0.356 e. The molecule has 1 fully saturated rings. The van der Waals surface area contributed by atoms with E-state index in [1.165, 1.54) is 4.90 Å². The Morgan fingerprint density at radius 2 is 1.78 bits per heavy atom. The van der Waals surface area contributed by atoms with E-state index in [1.54, 1.807) is 11.8 Å². The molecule has 5 heteroatoms. The van der Waals surface area contributed by atoms with E-state index in [4.69, 9.17) is 4.98 Å². The number of nitrogens with zero attached hydrogens (tertiary/aromatic N) is 2. The van der Waals surface area contributed by atoms with Gasteiger partial charge in [-0.1, -0.05) is 36.4 Å². The van der Waals surface area contributed by atoms with Gasteiger partial charge in [-0.3, -0.25) is 4.79 Å². The molecule has 1 amide bonds. The first-order valence-electron chi connectivity index (χ1n) is 9.42. The van der Waals surface area contributed by atoms with E-state index in [2.05, 4.69) is 22.3 Å². The SMILES string of the molecule is O=C(NCCSc1ccccc1)c1cc2ccccc2nc1N1CCCC1. The minimum Gasteiger partial charge on any atom is -0.356 e. The predicted octanol–water partition coefficient (Wildman–Crippen LogP) is 4.36. The Hall–Kier alpha value is -2.53. The van der Waals surface area contributed by atoms with Gasteiger partial charge in [-0.25, -0.2) is 4.98 Å². The number of thioether (sulfide) groups is 1. The molecular weight excluding hydrogens is 354 g/mol. The number of carbonyl (C=O) groups is 1. The lowest BCUT2D eigenvalue weighted by molar-refractivity contribution is 0.0956. The Morgan fingerprint density at radius 1 is 1.04 bits per heavy atom. The van der Waals surface area contributed by atoms with Gasteiger partial charge < -0.3 is 10.2 Å². The minimum atomic E-state index is -0.0381. The molecule has 0 saturated carbocycles. The fourth-order valence-electron chi connectivity index (χ4n) is 3.39. The van der Waals surface area contributed by atoms with Crippen LogP contribution in [0.2, 0.25) is 0 Å². The average Bonchev–Trinajstić information content (AvgIpc) is 3.25. The van der Waals surface area contributed by atoms with E-state index >= 15 is 0 Å². The normalized spacial score (nSPS) is 13.9. The van der Waals surface area contributed by atoms with E-state index in [-0.39, 0.29) is 5.91 Å². The maximum absolute atomic E-state index is 12.9. The summed E-state index contributed by atoms with van der Waals surface area (Å²) in [6.07, 6.45) is 2.31. The number of hydrogen-bond donors (Lipinski definition) is 1. The molecule has 0 bridgehead atoms. The fourth-order valence-corrected chi connectivity index (χ4v) is 4.18. The van der Waals surface area contributed by atoms with Crippen LogP contribution in [-0.2, 0) is 0 Å². The molecule has 0 radical (unpaired) electrons. The third-order valence-electron chi connectivity index (χ3n) is 4.75. The van der Waals surface area contributed by atoms with Gasteiger partial charge >= 0.3 is 0 Å². The van der Waals surface area contributed by atoms with Crippen molar-refractivity contribution in [2.24, 2.45) is 0 Å². The highest BCUT2D eigenvalue weighted by Crippen LogP contribution is 2.26. The second-order valence-corrected chi connectivity index (χ2v) is 7.83. The highest BCUT2D eigenvalue weighted by molar-refractivity contribution is 7.99. The summed E-state index contributed by atoms with van der Waals surface area (Å²) < 4.78 is 0. The summed E-state index contributed by atoms with van der Waals surface area (Å²) >= 11 is 1.75. The van der Waals surface area contributed by atoms with Crippen LogP contribution in [0.15, 0.2) is 65.6 Å². The summed E-state index contributed by atoms with van der Waals surface area (Å²) in [5, 5.41) is 4.08. The number of amides is 1. The van der Waals surface area contributed by atoms with E-state index in [0.717, 1.165) is 48.4 Å². The predicted molar refractivity (Wildman–Crippen MR) is 113 cm³/mol. The van der Waals surface area contributed by atoms with Crippen LogP contribution < -0.4 is 10.2 Å². The van der Waals surface area contributed by atoms with Crippen molar-refractivity contribution in [1.29, 1.82) is 0 Å². The van der Waals surface area contributed by atoms with Crippen LogP contribution in [0, 0.1) is 0 Å². The number of pyridine rings is 1. The van der Waals surface area contributed by atoms with Crippen LogP contribution in [0.3, 0.4) is 0 Å². The molecule has 138 valence electrons. The first-order chi connectivity index (χ1) is 13.3. The van der Waals surface area contributed by atoms with Gasteiger partial charge in [0, 0.05) is 35.7 Å². The van der Waals surface area contributed by atoms with Crippen LogP contribution in [-0.4, -0.2) is 36.3 Å². The van der Waals surface area contributed by atoms with E-state index in [1.807, 2.05) is 48.5 Å². The van der Waals surface area contributed by atoms with Crippen molar-refractivity contribution >= 4 is 34.4 Å². The zero-order valence-corrected chi connectivity index (χ0v) is 16.0. The van der Waals surface area contributed by atoms with Crippen molar-refractivity contribution in [3.63, 3.8) is 0 Å². The first-order valence-corrected chi connectivity index (χ1v) is 10.4. The summed E-state index contributed by atoms with van der Waals surface area (Å²) in [6.45, 7) is 2.57. The number of rotatable bonds is 6. The van der Waals surface area contributed by atoms with E-state index in [0.29, 0.717) is 12.1 Å². The lowest BCUT2D eigenvalue weighted by Crippen LogP contribution is -2.29. The zero-order valence-electron chi connectivity index (χ0n) is 15.2. The highest BCUT2D eigenvalue weighted by Gasteiger charge is 2.21. The van der Waals surface area contributed by atoms with Crippen molar-refractivity contribution in [3.05, 3.63) is 66.2 Å². The summed E-state index contributed by atoms with van der Waals surface area (Å²) in [7, 11) is 0. The molecule has 0 spiro atoms. The fraction of sp³-hybridized carbons (Fsp3) is 0.273. The Bertz CT molecular complexity index is 923. The standard InChI is InChI=1S/C22H23N3OS/c26-22(23-12-15-27-18-9-2-1-3-10-18)19-16-17-8-4-5-11-20(17)24-21(19)25-13-6-7-14-25/h1-5,8-11,16H,6-7,12-15H2,(H,23,26). The van der Waals surface area contributed by atoms with Crippen molar-refractivity contribution in [2.75, 3.05) is 30.3 Å². The van der Waals surface area contributed by atoms with Crippen LogP contribution in [0.25, 0.3) is 10.9 Å². The summed E-state index contributed by atoms with van der Waals surface area (Å²) in [5.74, 6) is 1.62. The Morgan fingerprint density at radius 3 is 2.59 bits per heavy atom. The van der Waals surface area contributed by atoms with Gasteiger partial charge in [-0.2, -0.15) is 0 Å². The molecule has 1 aromatic heterocycles. The molecule has 4 rings (SSSR count). The number of aromatic nitrogens is 1. The van der Waals surface area contributed by atoms with Gasteiger partial charge in [0.05, 0.1) is 11.1 Å². The highest BCUT2D eigenvalue weighted by atomic mass is 32.2. The number of benzene rings is 2. The van der Waals surface area contributed by atoms with E-state index < -0.39 is 0 Å². The Balaban J connectivity index is 1.48. The molecule has 27 heavy (non-hydrogen) atoms. The number of para-hydroxylation sites is 1. The summed E-state index contributed by atoms with van der Waals surface area (Å²) in [5.41, 5.74) is 1.62. The third kappa shape index (κ3) is 4.25. The number of fused-ring (bicyclic) bond motifs is 1. The topological polar surface area (TPSA) is 45.2 Å². The monoisotopic (exact) mass is 377 g/mol. The molecule has 4 nitrogen and oxygen atoms in total. The van der Waals surface area contributed by atoms with Crippen molar-refractivity contribution in [2.45, 2.75) is 17.7 Å². The van der Waals surface area contributed by atoms with E-state index in [9.17, 15) is 4.79 Å². The van der Waals surface area contributed by atoms with Gasteiger partial charge in [0.15, 0.2) is 0 Å². The molecule has 0 unspecified atom stereocenters. The summed E-state index contributed by atoms with van der Waals surface area (Å²) in [6, 6.07) is 20.2. The lowest BCUT2D eigenvalue weighted by Gasteiger charge is -2.20. The van der Waals surface area contributed by atoms with Crippen molar-refractivity contribution in [1.82, 2.24) is 10.3 Å².